The van der Waals surface area contributed by atoms with Crippen LogP contribution < -0.4 is 4.72 Å². The molecular weight excluding hydrogens is 325 g/mol. The molecule has 0 aliphatic rings. The van der Waals surface area contributed by atoms with E-state index >= 15 is 0 Å². The molecule has 0 heterocycles. The summed E-state index contributed by atoms with van der Waals surface area (Å²) in [4.78, 5) is -0.141. The lowest BCUT2D eigenvalue weighted by molar-refractivity contribution is 0.121. The first kappa shape index (κ1) is 17.7. The highest BCUT2D eigenvalue weighted by molar-refractivity contribution is 7.89. The van der Waals surface area contributed by atoms with E-state index in [9.17, 15) is 18.6 Å². The lowest BCUT2D eigenvalue weighted by Gasteiger charge is -2.26. The van der Waals surface area contributed by atoms with E-state index in [-0.39, 0.29) is 14.9 Å². The average molecular weight is 342 g/mol. The fourth-order valence-corrected chi connectivity index (χ4v) is 4.23. The molecule has 0 bridgehead atoms. The van der Waals surface area contributed by atoms with E-state index in [1.165, 1.54) is 13.8 Å². The molecule has 0 aliphatic heterocycles. The number of hydrogen-bond acceptors (Lipinski definition) is 4. The Morgan fingerprint density at radius 1 is 1.25 bits per heavy atom. The number of halogens is 2. The highest BCUT2D eigenvalue weighted by Crippen LogP contribution is 2.33. The molecule has 0 aromatic heterocycles. The Bertz CT molecular complexity index is 586. The van der Waals surface area contributed by atoms with Gasteiger partial charge in [0.15, 0.2) is 0 Å². The third-order valence-corrected chi connectivity index (χ3v) is 5.74. The Hall–Kier alpha value is -0.370. The summed E-state index contributed by atoms with van der Waals surface area (Å²) < 4.78 is 27.1. The number of sulfonamides is 1. The van der Waals surface area contributed by atoms with Crippen molar-refractivity contribution in [2.75, 3.05) is 13.2 Å². The Morgan fingerprint density at radius 3 is 2.20 bits per heavy atom. The van der Waals surface area contributed by atoms with Gasteiger partial charge in [-0.05, 0) is 38.0 Å². The monoisotopic (exact) mass is 341 g/mol. The molecule has 114 valence electrons. The number of aryl methyl sites for hydroxylation is 1. The van der Waals surface area contributed by atoms with Crippen molar-refractivity contribution < 1.29 is 18.6 Å². The highest BCUT2D eigenvalue weighted by Gasteiger charge is 2.32. The summed E-state index contributed by atoms with van der Waals surface area (Å²) in [5.41, 5.74) is -0.546. The summed E-state index contributed by atoms with van der Waals surface area (Å²) in [5, 5.41) is 18.7. The normalized spacial score (nSPS) is 12.8. The minimum atomic E-state index is -4.03. The van der Waals surface area contributed by atoms with Crippen LogP contribution in [0.5, 0.6) is 0 Å². The number of aliphatic hydroxyl groups excluding tert-OH is 2. The van der Waals surface area contributed by atoms with Gasteiger partial charge in [0, 0.05) is 5.02 Å². The minimum absolute atomic E-state index is 0.0672. The van der Waals surface area contributed by atoms with E-state index in [2.05, 4.69) is 4.72 Å². The van der Waals surface area contributed by atoms with Gasteiger partial charge < -0.3 is 10.2 Å². The van der Waals surface area contributed by atoms with E-state index < -0.39 is 28.8 Å². The fourth-order valence-electron chi connectivity index (χ4n) is 1.62. The molecule has 0 spiro atoms. The van der Waals surface area contributed by atoms with Crippen molar-refractivity contribution in [2.24, 2.45) is 0 Å². The van der Waals surface area contributed by atoms with Gasteiger partial charge in [0.25, 0.3) is 0 Å². The Kier molecular flexibility index (Phi) is 5.46. The largest absolute Gasteiger partial charge is 0.394 e. The van der Waals surface area contributed by atoms with Crippen LogP contribution in [0.15, 0.2) is 11.0 Å². The molecule has 0 radical (unpaired) electrons. The molecular formula is C12H17Cl2NO4S. The predicted octanol–water partition coefficient (Wildman–Crippen LogP) is 1.63. The van der Waals surface area contributed by atoms with Crippen molar-refractivity contribution in [3.8, 4) is 0 Å². The van der Waals surface area contributed by atoms with Gasteiger partial charge in [0.1, 0.15) is 4.90 Å². The Balaban J connectivity index is 3.44. The second kappa shape index (κ2) is 6.17. The maximum atomic E-state index is 12.4. The third-order valence-electron chi connectivity index (χ3n) is 2.94. The van der Waals surface area contributed by atoms with Crippen molar-refractivity contribution in [1.82, 2.24) is 4.72 Å². The van der Waals surface area contributed by atoms with Crippen LogP contribution in [-0.4, -0.2) is 37.4 Å². The van der Waals surface area contributed by atoms with E-state index in [0.29, 0.717) is 11.1 Å². The van der Waals surface area contributed by atoms with Crippen molar-refractivity contribution in [1.29, 1.82) is 0 Å². The van der Waals surface area contributed by atoms with Gasteiger partial charge in [0.2, 0.25) is 10.0 Å². The SMILES string of the molecule is Cc1cc(Cl)c(C)c(S(=O)(=O)NC(C)(CO)CO)c1Cl. The summed E-state index contributed by atoms with van der Waals surface area (Å²) in [7, 11) is -4.03. The molecule has 8 heteroatoms. The number of aliphatic hydroxyl groups is 2. The maximum Gasteiger partial charge on any atom is 0.243 e. The van der Waals surface area contributed by atoms with Gasteiger partial charge in [-0.3, -0.25) is 0 Å². The zero-order valence-electron chi connectivity index (χ0n) is 11.4. The van der Waals surface area contributed by atoms with Crippen LogP contribution in [0.4, 0.5) is 0 Å². The van der Waals surface area contributed by atoms with Crippen LogP contribution in [0.1, 0.15) is 18.1 Å². The molecule has 0 amide bonds. The lowest BCUT2D eigenvalue weighted by atomic mass is 10.1. The van der Waals surface area contributed by atoms with Gasteiger partial charge in [0.05, 0.1) is 23.8 Å². The number of nitrogens with one attached hydrogen (secondary N) is 1. The standard InChI is InChI=1S/C12H17Cl2NO4S/c1-7-4-9(13)8(2)11(10(7)14)20(18,19)15-12(3,5-16)6-17/h4,15-17H,5-6H2,1-3H3. The van der Waals surface area contributed by atoms with Gasteiger partial charge in [-0.1, -0.05) is 23.2 Å². The number of benzene rings is 1. The number of hydrogen-bond donors (Lipinski definition) is 3. The van der Waals surface area contributed by atoms with Crippen LogP contribution in [-0.2, 0) is 10.0 Å². The van der Waals surface area contributed by atoms with Crippen LogP contribution in [0.25, 0.3) is 0 Å². The summed E-state index contributed by atoms with van der Waals surface area (Å²) >= 11 is 12.1. The fraction of sp³-hybridized carbons (Fsp3) is 0.500. The zero-order chi connectivity index (χ0) is 15.7. The van der Waals surface area contributed by atoms with E-state index in [4.69, 9.17) is 23.2 Å². The maximum absolute atomic E-state index is 12.4. The first-order chi connectivity index (χ1) is 9.08. The van der Waals surface area contributed by atoms with E-state index in [1.807, 2.05) is 0 Å². The molecule has 0 unspecified atom stereocenters. The van der Waals surface area contributed by atoms with Crippen molar-refractivity contribution in [3.05, 3.63) is 27.2 Å². The molecule has 1 aromatic rings. The summed E-state index contributed by atoms with van der Waals surface area (Å²) in [6.07, 6.45) is 0. The first-order valence-electron chi connectivity index (χ1n) is 5.79. The highest BCUT2D eigenvalue weighted by atomic mass is 35.5. The molecule has 0 saturated heterocycles. The van der Waals surface area contributed by atoms with Crippen molar-refractivity contribution >= 4 is 33.2 Å². The average Bonchev–Trinajstić information content (AvgIpc) is 2.35. The van der Waals surface area contributed by atoms with Crippen LogP contribution in [0, 0.1) is 13.8 Å². The van der Waals surface area contributed by atoms with E-state index in [0.717, 1.165) is 0 Å². The van der Waals surface area contributed by atoms with Gasteiger partial charge in [-0.15, -0.1) is 0 Å². The van der Waals surface area contributed by atoms with Crippen LogP contribution in [0.3, 0.4) is 0 Å². The smallest absolute Gasteiger partial charge is 0.243 e. The summed E-state index contributed by atoms with van der Waals surface area (Å²) in [6.45, 7) is 3.45. The second-order valence-corrected chi connectivity index (χ2v) is 7.33. The second-order valence-electron chi connectivity index (χ2n) is 4.93. The molecule has 0 atom stereocenters. The van der Waals surface area contributed by atoms with Crippen LogP contribution >= 0.6 is 23.2 Å². The molecule has 1 aromatic carbocycles. The first-order valence-corrected chi connectivity index (χ1v) is 8.03. The van der Waals surface area contributed by atoms with Crippen molar-refractivity contribution in [3.63, 3.8) is 0 Å². The molecule has 0 aliphatic carbocycles. The predicted molar refractivity (Wildman–Crippen MR) is 78.8 cm³/mol. The van der Waals surface area contributed by atoms with E-state index in [1.54, 1.807) is 13.0 Å². The Morgan fingerprint density at radius 2 is 1.75 bits per heavy atom. The molecule has 0 saturated carbocycles. The molecule has 1 rings (SSSR count). The quantitative estimate of drug-likeness (QED) is 0.759. The minimum Gasteiger partial charge on any atom is -0.394 e. The number of rotatable bonds is 5. The molecule has 0 fully saturated rings. The van der Waals surface area contributed by atoms with Gasteiger partial charge >= 0.3 is 0 Å². The van der Waals surface area contributed by atoms with Crippen LogP contribution in [0.2, 0.25) is 10.0 Å². The van der Waals surface area contributed by atoms with Gasteiger partial charge in [-0.2, -0.15) is 0 Å². The zero-order valence-corrected chi connectivity index (χ0v) is 13.7. The molecule has 20 heavy (non-hydrogen) atoms. The Labute approximate surface area is 128 Å². The summed E-state index contributed by atoms with van der Waals surface area (Å²) in [6, 6.07) is 1.58. The lowest BCUT2D eigenvalue weighted by Crippen LogP contribution is -2.51. The molecule has 3 N–H and O–H groups in total. The topological polar surface area (TPSA) is 86.6 Å². The summed E-state index contributed by atoms with van der Waals surface area (Å²) in [5.74, 6) is 0. The van der Waals surface area contributed by atoms with Crippen molar-refractivity contribution in [2.45, 2.75) is 31.2 Å². The molecule has 5 nitrogen and oxygen atoms in total. The third kappa shape index (κ3) is 3.44. The van der Waals surface area contributed by atoms with Gasteiger partial charge in [-0.25, -0.2) is 13.1 Å².